The first-order chi connectivity index (χ1) is 34.4. The number of hydrogen-bond acceptors (Lipinski definition) is 17. The molecule has 18 nitrogen and oxygen atoms in total. The molecule has 2 amide bonds. The number of aromatic hydroxyl groups is 1. The number of amides is 2. The summed E-state index contributed by atoms with van der Waals surface area (Å²) in [6.07, 6.45) is 3.22. The number of β-amino-alcohol motifs (C(OH)–C–C–N with tert-alkyl or cyclic N) is 1. The monoisotopic (exact) mass is 983 g/mol. The summed E-state index contributed by atoms with van der Waals surface area (Å²) in [6, 6.07) is 22.3. The number of thiazole rings is 1. The van der Waals surface area contributed by atoms with Crippen molar-refractivity contribution >= 4 is 46.2 Å². The first-order valence-electron chi connectivity index (χ1n) is 24.5. The Hall–Kier alpha value is -6.83. The highest BCUT2D eigenvalue weighted by Crippen LogP contribution is 2.40. The van der Waals surface area contributed by atoms with Crippen molar-refractivity contribution in [1.29, 1.82) is 0 Å². The molecule has 71 heavy (non-hydrogen) atoms. The maximum Gasteiger partial charge on any atom is 0.243 e. The van der Waals surface area contributed by atoms with Crippen molar-refractivity contribution in [3.63, 3.8) is 0 Å². The van der Waals surface area contributed by atoms with Crippen molar-refractivity contribution in [2.45, 2.75) is 83.1 Å². The molecule has 6 aromatic rings. The number of phenols is 1. The zero-order valence-electron chi connectivity index (χ0n) is 40.4. The van der Waals surface area contributed by atoms with E-state index in [1.807, 2.05) is 93.9 Å². The summed E-state index contributed by atoms with van der Waals surface area (Å²) >= 11 is 1.59. The van der Waals surface area contributed by atoms with Gasteiger partial charge in [-0.25, -0.2) is 9.97 Å². The summed E-state index contributed by atoms with van der Waals surface area (Å²) in [5.74, 6) is 1.02. The minimum Gasteiger partial charge on any atom is -0.507 e. The third-order valence-electron chi connectivity index (χ3n) is 14.3. The zero-order valence-corrected chi connectivity index (χ0v) is 41.2. The lowest BCUT2D eigenvalue weighted by Gasteiger charge is -2.43. The molecule has 4 aliphatic heterocycles. The number of likely N-dealkylation sites (tertiary alicyclic amines) is 1. The molecule has 2 bridgehead atoms. The van der Waals surface area contributed by atoms with Gasteiger partial charge in [-0.2, -0.15) is 0 Å². The number of carbonyl (C=O) groups is 2. The van der Waals surface area contributed by atoms with Crippen LogP contribution in [0.3, 0.4) is 0 Å². The lowest BCUT2D eigenvalue weighted by Crippen LogP contribution is -2.54. The summed E-state index contributed by atoms with van der Waals surface area (Å²) < 4.78 is 17.9. The molecule has 4 aromatic heterocycles. The molecular formula is C52H61N11O7S. The summed E-state index contributed by atoms with van der Waals surface area (Å²) in [5, 5.41) is 37.1. The van der Waals surface area contributed by atoms with Gasteiger partial charge in [0.1, 0.15) is 24.3 Å². The second-order valence-corrected chi connectivity index (χ2v) is 20.4. The van der Waals surface area contributed by atoms with Crippen molar-refractivity contribution in [3.8, 4) is 33.3 Å². The predicted molar refractivity (Wildman–Crippen MR) is 270 cm³/mol. The highest BCUT2D eigenvalue weighted by molar-refractivity contribution is 7.13. The second-order valence-electron chi connectivity index (χ2n) is 19.6. The van der Waals surface area contributed by atoms with Gasteiger partial charge in [-0.1, -0.05) is 55.4 Å². The Morgan fingerprint density at radius 1 is 0.930 bits per heavy atom. The lowest BCUT2D eigenvalue weighted by molar-refractivity contribution is -0.141. The number of fused-ring (bicyclic) bond motifs is 2. The number of rotatable bonds is 17. The molecule has 5 N–H and O–H groups in total. The van der Waals surface area contributed by atoms with Gasteiger partial charge >= 0.3 is 0 Å². The average molecular weight is 984 g/mol. The summed E-state index contributed by atoms with van der Waals surface area (Å²) in [4.78, 5) is 46.3. The first kappa shape index (κ1) is 47.8. The van der Waals surface area contributed by atoms with Crippen LogP contribution in [0.1, 0.15) is 69.0 Å². The number of pyridine rings is 1. The topological polar surface area (TPSA) is 222 Å². The van der Waals surface area contributed by atoms with Crippen molar-refractivity contribution in [2.24, 2.45) is 11.8 Å². The second kappa shape index (κ2) is 20.5. The molecule has 10 rings (SSSR count). The molecule has 0 radical (unpaired) electrons. The summed E-state index contributed by atoms with van der Waals surface area (Å²) in [5.41, 5.74) is 14.3. The number of aliphatic hydroxyl groups excluding tert-OH is 1. The predicted octanol–water partition coefficient (Wildman–Crippen LogP) is 6.21. The minimum atomic E-state index is -0.820. The molecule has 0 spiro atoms. The standard InChI is InChI=1S/C52H61N11O7S/c1-30(2)48(52(67)62-27-39(64)20-43(62)51(66)56-31(3)34-9-11-35(12-10-34)49-32(4)55-29-71-49)45-22-46(59-70-45)61-23-33(24-61)28-68-17-18-69-47-19-36(15-16-54-47)63-37-13-14-38(63)26-60(25-37)42-21-41(57-58-50(42)53)40-7-5-6-8-44(40)65/h5-12,15-16,19,21-22,29-31,33,37-39,43,48,64-65H,13-14,17-18,20,23-28H2,1-4H3,(H2,53,58)(H,56,66)/t31-,37?,38?,39+,43-,48+/m0/s1. The van der Waals surface area contributed by atoms with Crippen LogP contribution in [0.15, 0.2) is 89.0 Å². The normalized spacial score (nSPS) is 20.9. The number of aromatic nitrogens is 5. The molecule has 6 atom stereocenters. The van der Waals surface area contributed by atoms with Crippen LogP contribution in [-0.2, 0) is 14.3 Å². The summed E-state index contributed by atoms with van der Waals surface area (Å²) in [7, 11) is 0. The number of anilines is 4. The number of nitrogens with zero attached hydrogens (tertiary/aromatic N) is 9. The summed E-state index contributed by atoms with van der Waals surface area (Å²) in [6.45, 7) is 12.2. The number of benzene rings is 2. The maximum atomic E-state index is 14.3. The van der Waals surface area contributed by atoms with Crippen LogP contribution in [0.25, 0.3) is 21.7 Å². The first-order valence-corrected chi connectivity index (χ1v) is 25.4. The Morgan fingerprint density at radius 2 is 1.70 bits per heavy atom. The molecule has 2 unspecified atom stereocenters. The highest BCUT2D eigenvalue weighted by atomic mass is 32.1. The van der Waals surface area contributed by atoms with E-state index in [1.165, 1.54) is 4.90 Å². The SMILES string of the molecule is Cc1ncsc1-c1ccc([C@H](C)NC(=O)[C@@H]2C[C@@H](O)CN2C(=O)[C@@H](c2cc(N3CC(COCCOc4cc(N5C6CCC5CN(c5cc(-c7ccccc7O)nnc5N)C6)ccn4)C3)no2)C(C)C)cc1. The van der Waals surface area contributed by atoms with Crippen LogP contribution in [0.2, 0.25) is 0 Å². The van der Waals surface area contributed by atoms with Crippen LogP contribution < -0.4 is 30.5 Å². The minimum absolute atomic E-state index is 0.0628. The lowest BCUT2D eigenvalue weighted by atomic mass is 9.91. The van der Waals surface area contributed by atoms with E-state index < -0.39 is 18.1 Å². The van der Waals surface area contributed by atoms with Crippen LogP contribution in [0.4, 0.5) is 23.0 Å². The Kier molecular flexibility index (Phi) is 13.8. The van der Waals surface area contributed by atoms with Crippen LogP contribution in [0.5, 0.6) is 11.6 Å². The number of nitrogens with one attached hydrogen (secondary N) is 1. The van der Waals surface area contributed by atoms with E-state index in [0.717, 1.165) is 72.1 Å². The molecular weight excluding hydrogens is 923 g/mol. The molecule has 19 heteroatoms. The van der Waals surface area contributed by atoms with Gasteiger partial charge in [-0.3, -0.25) is 9.59 Å². The zero-order chi connectivity index (χ0) is 49.3. The van der Waals surface area contributed by atoms with Crippen LogP contribution in [-0.4, -0.2) is 129 Å². The van der Waals surface area contributed by atoms with Gasteiger partial charge in [-0.15, -0.1) is 21.5 Å². The molecule has 8 heterocycles. The van der Waals surface area contributed by atoms with E-state index in [1.54, 1.807) is 29.7 Å². The highest BCUT2D eigenvalue weighted by Gasteiger charge is 2.44. The fourth-order valence-electron chi connectivity index (χ4n) is 10.6. The third-order valence-corrected chi connectivity index (χ3v) is 15.3. The smallest absolute Gasteiger partial charge is 0.243 e. The van der Waals surface area contributed by atoms with E-state index >= 15 is 0 Å². The van der Waals surface area contributed by atoms with Gasteiger partial charge in [0.15, 0.2) is 17.4 Å². The number of carbonyl (C=O) groups excluding carboxylic acids is 2. The van der Waals surface area contributed by atoms with Gasteiger partial charge in [0, 0.05) is 86.7 Å². The molecule has 4 aliphatic rings. The van der Waals surface area contributed by atoms with Gasteiger partial charge in [0.25, 0.3) is 0 Å². The van der Waals surface area contributed by atoms with E-state index in [4.69, 9.17) is 19.7 Å². The molecule has 2 aromatic carbocycles. The van der Waals surface area contributed by atoms with Crippen molar-refractivity contribution in [3.05, 3.63) is 102 Å². The van der Waals surface area contributed by atoms with Crippen molar-refractivity contribution in [2.75, 3.05) is 73.0 Å². The molecule has 4 fully saturated rings. The van der Waals surface area contributed by atoms with Crippen LogP contribution in [0, 0.1) is 18.8 Å². The third kappa shape index (κ3) is 10.1. The number of phenolic OH excluding ortho intramolecular Hbond substituents is 1. The number of nitrogen functional groups attached to an aromatic ring is 1. The molecule has 372 valence electrons. The van der Waals surface area contributed by atoms with E-state index in [0.29, 0.717) is 54.4 Å². The van der Waals surface area contributed by atoms with E-state index in [2.05, 4.69) is 45.3 Å². The number of hydrogen-bond donors (Lipinski definition) is 4. The fourth-order valence-corrected chi connectivity index (χ4v) is 11.4. The van der Waals surface area contributed by atoms with Gasteiger partial charge in [-0.05, 0) is 68.0 Å². The van der Waals surface area contributed by atoms with Gasteiger partial charge < -0.3 is 54.9 Å². The molecule has 0 saturated carbocycles. The number of aryl methyl sites for hydroxylation is 1. The van der Waals surface area contributed by atoms with Crippen LogP contribution >= 0.6 is 11.3 Å². The average Bonchev–Trinajstić information content (AvgIpc) is 4.15. The Balaban J connectivity index is 0.674. The largest absolute Gasteiger partial charge is 0.507 e. The number of piperazine rings is 1. The quantitative estimate of drug-likeness (QED) is 0.0746. The Morgan fingerprint density at radius 3 is 2.44 bits per heavy atom. The maximum absolute atomic E-state index is 14.3. The Labute approximate surface area is 416 Å². The molecule has 4 saturated heterocycles. The van der Waals surface area contributed by atoms with E-state index in [-0.39, 0.29) is 60.5 Å². The number of nitrogens with two attached hydrogens (primary N) is 1. The fraction of sp³-hybridized carbons (Fsp3) is 0.442. The Bertz CT molecular complexity index is 2820. The van der Waals surface area contributed by atoms with Gasteiger partial charge in [0.05, 0.1) is 52.8 Å². The van der Waals surface area contributed by atoms with Crippen molar-refractivity contribution < 1.29 is 33.8 Å². The number of aliphatic hydroxyl groups is 1. The van der Waals surface area contributed by atoms with Gasteiger partial charge in [0.2, 0.25) is 17.7 Å². The van der Waals surface area contributed by atoms with Crippen molar-refractivity contribution in [1.82, 2.24) is 35.5 Å². The number of ether oxygens (including phenoxy) is 2. The van der Waals surface area contributed by atoms with E-state index in [9.17, 15) is 19.8 Å². The molecule has 0 aliphatic carbocycles. The number of para-hydroxylation sites is 1.